The Morgan fingerprint density at radius 1 is 0.952 bits per heavy atom. The number of alkyl carbamates (subject to hydrolysis) is 1. The van der Waals surface area contributed by atoms with Gasteiger partial charge in [-0.2, -0.15) is 0 Å². The average molecular weight is 570 g/mol. The van der Waals surface area contributed by atoms with Crippen LogP contribution in [-0.2, 0) is 25.6 Å². The lowest BCUT2D eigenvalue weighted by molar-refractivity contribution is -0.147. The molecule has 42 heavy (non-hydrogen) atoms. The molecule has 0 bridgehead atoms. The van der Waals surface area contributed by atoms with Crippen LogP contribution in [0.2, 0.25) is 0 Å². The molecule has 0 saturated carbocycles. The third kappa shape index (κ3) is 5.75. The maximum Gasteiger partial charge on any atom is 0.407 e. The Kier molecular flexibility index (Phi) is 7.95. The molecule has 6 rings (SSSR count). The Hall–Kier alpha value is -4.21. The van der Waals surface area contributed by atoms with Crippen molar-refractivity contribution < 1.29 is 29.0 Å². The number of nitrogens with zero attached hydrogens (tertiary/aromatic N) is 1. The molecule has 3 aromatic rings. The van der Waals surface area contributed by atoms with Gasteiger partial charge < -0.3 is 25.2 Å². The van der Waals surface area contributed by atoms with Crippen LogP contribution in [0.4, 0.5) is 4.79 Å². The Morgan fingerprint density at radius 2 is 1.62 bits per heavy atom. The third-order valence-corrected chi connectivity index (χ3v) is 8.64. The summed E-state index contributed by atoms with van der Waals surface area (Å²) in [5.41, 5.74) is 4.38. The van der Waals surface area contributed by atoms with Crippen LogP contribution >= 0.6 is 0 Å². The number of rotatable bonds is 9. The second-order valence-corrected chi connectivity index (χ2v) is 11.4. The Labute approximate surface area is 244 Å². The predicted molar refractivity (Wildman–Crippen MR) is 156 cm³/mol. The summed E-state index contributed by atoms with van der Waals surface area (Å²) in [4.78, 5) is 40.0. The van der Waals surface area contributed by atoms with Crippen molar-refractivity contribution in [1.29, 1.82) is 0 Å². The number of hydrogen-bond donors (Lipinski definition) is 3. The first-order valence-electron chi connectivity index (χ1n) is 14.4. The molecule has 3 aromatic carbocycles. The highest BCUT2D eigenvalue weighted by molar-refractivity contribution is 5.89. The van der Waals surface area contributed by atoms with Gasteiger partial charge in [-0.15, -0.1) is 0 Å². The van der Waals surface area contributed by atoms with E-state index in [1.54, 1.807) is 0 Å². The fourth-order valence-corrected chi connectivity index (χ4v) is 6.41. The Morgan fingerprint density at radius 3 is 2.31 bits per heavy atom. The summed E-state index contributed by atoms with van der Waals surface area (Å²) >= 11 is 0. The molecule has 9 nitrogen and oxygen atoms in total. The van der Waals surface area contributed by atoms with Crippen LogP contribution in [0.1, 0.15) is 35.4 Å². The normalized spacial score (nSPS) is 23.2. The van der Waals surface area contributed by atoms with Crippen molar-refractivity contribution in [1.82, 2.24) is 15.5 Å². The zero-order chi connectivity index (χ0) is 29.1. The summed E-state index contributed by atoms with van der Waals surface area (Å²) in [6, 6.07) is 26.2. The molecule has 2 amide bonds. The molecule has 1 aliphatic carbocycles. The van der Waals surface area contributed by atoms with Crippen molar-refractivity contribution in [3.63, 3.8) is 0 Å². The molecular weight excluding hydrogens is 534 g/mol. The monoisotopic (exact) mass is 569 g/mol. The number of carbonyl (C=O) groups excluding carboxylic acids is 2. The SMILES string of the molecule is O=C(NC[C@@H]1C[C@H](C(=O)NC2(C(=O)O)CCN(Cc3ccccc3)C2)CO1)OCC1c2ccccc2-c2ccccc21. The van der Waals surface area contributed by atoms with Gasteiger partial charge >= 0.3 is 12.1 Å². The summed E-state index contributed by atoms with van der Waals surface area (Å²) in [6.07, 6.45) is -0.178. The highest BCUT2D eigenvalue weighted by atomic mass is 16.5. The molecule has 0 radical (unpaired) electrons. The number of amides is 2. The highest BCUT2D eigenvalue weighted by Crippen LogP contribution is 2.44. The highest BCUT2D eigenvalue weighted by Gasteiger charge is 2.47. The second-order valence-electron chi connectivity index (χ2n) is 11.4. The van der Waals surface area contributed by atoms with Crippen molar-refractivity contribution in [2.45, 2.75) is 36.9 Å². The number of carboxylic acids is 1. The second kappa shape index (κ2) is 12.0. The number of benzene rings is 3. The summed E-state index contributed by atoms with van der Waals surface area (Å²) in [7, 11) is 0. The third-order valence-electron chi connectivity index (χ3n) is 8.64. The molecule has 218 valence electrons. The lowest BCUT2D eigenvalue weighted by atomic mass is 9.96. The molecule has 0 spiro atoms. The molecule has 1 unspecified atom stereocenters. The van der Waals surface area contributed by atoms with Gasteiger partial charge in [0, 0.05) is 32.1 Å². The molecule has 3 atom stereocenters. The average Bonchev–Trinajstić information content (AvgIpc) is 3.72. The summed E-state index contributed by atoms with van der Waals surface area (Å²) in [5, 5.41) is 15.6. The zero-order valence-electron chi connectivity index (χ0n) is 23.3. The predicted octanol–water partition coefficient (Wildman–Crippen LogP) is 3.78. The van der Waals surface area contributed by atoms with Crippen LogP contribution in [0.5, 0.6) is 0 Å². The molecule has 9 heteroatoms. The van der Waals surface area contributed by atoms with Gasteiger partial charge in [-0.25, -0.2) is 9.59 Å². The van der Waals surface area contributed by atoms with Gasteiger partial charge in [0.15, 0.2) is 5.54 Å². The first-order valence-corrected chi connectivity index (χ1v) is 14.4. The number of ether oxygens (including phenoxy) is 2. The first kappa shape index (κ1) is 27.9. The molecule has 2 heterocycles. The van der Waals surface area contributed by atoms with Crippen molar-refractivity contribution >= 4 is 18.0 Å². The van der Waals surface area contributed by atoms with E-state index in [4.69, 9.17) is 9.47 Å². The van der Waals surface area contributed by atoms with E-state index in [9.17, 15) is 19.5 Å². The first-order chi connectivity index (χ1) is 20.4. The van der Waals surface area contributed by atoms with Crippen LogP contribution < -0.4 is 10.6 Å². The molecular formula is C33H35N3O6. The topological polar surface area (TPSA) is 117 Å². The van der Waals surface area contributed by atoms with Gasteiger partial charge in [0.05, 0.1) is 18.6 Å². The lowest BCUT2D eigenvalue weighted by Gasteiger charge is -2.27. The van der Waals surface area contributed by atoms with E-state index < -0.39 is 23.5 Å². The van der Waals surface area contributed by atoms with Gasteiger partial charge in [-0.1, -0.05) is 78.9 Å². The van der Waals surface area contributed by atoms with Gasteiger partial charge in [0.25, 0.3) is 0 Å². The van der Waals surface area contributed by atoms with E-state index in [1.807, 2.05) is 54.6 Å². The van der Waals surface area contributed by atoms with Crippen LogP contribution in [0.15, 0.2) is 78.9 Å². The molecule has 2 saturated heterocycles. The van der Waals surface area contributed by atoms with Gasteiger partial charge in [0.2, 0.25) is 5.91 Å². The van der Waals surface area contributed by atoms with E-state index >= 15 is 0 Å². The molecule has 3 N–H and O–H groups in total. The van der Waals surface area contributed by atoms with Crippen molar-refractivity contribution in [2.75, 3.05) is 32.8 Å². The summed E-state index contributed by atoms with van der Waals surface area (Å²) < 4.78 is 11.4. The van der Waals surface area contributed by atoms with E-state index in [1.165, 1.54) is 0 Å². The summed E-state index contributed by atoms with van der Waals surface area (Å²) in [5.74, 6) is -1.88. The summed E-state index contributed by atoms with van der Waals surface area (Å²) in [6.45, 7) is 2.04. The number of nitrogens with one attached hydrogen (secondary N) is 2. The van der Waals surface area contributed by atoms with Crippen LogP contribution in [0.3, 0.4) is 0 Å². The van der Waals surface area contributed by atoms with E-state index in [-0.39, 0.29) is 44.2 Å². The van der Waals surface area contributed by atoms with E-state index in [0.29, 0.717) is 25.9 Å². The minimum absolute atomic E-state index is 0.0280. The number of fused-ring (bicyclic) bond motifs is 3. The number of carbonyl (C=O) groups is 3. The Bertz CT molecular complexity index is 1420. The lowest BCUT2D eigenvalue weighted by Crippen LogP contribution is -2.57. The van der Waals surface area contributed by atoms with Crippen LogP contribution in [-0.4, -0.2) is 72.5 Å². The fraction of sp³-hybridized carbons (Fsp3) is 0.364. The number of aliphatic carboxylic acids is 1. The van der Waals surface area contributed by atoms with Crippen LogP contribution in [0, 0.1) is 5.92 Å². The Balaban J connectivity index is 0.972. The van der Waals surface area contributed by atoms with Crippen molar-refractivity contribution in [3.8, 4) is 11.1 Å². The largest absolute Gasteiger partial charge is 0.479 e. The molecule has 3 aliphatic rings. The zero-order valence-corrected chi connectivity index (χ0v) is 23.3. The number of carboxylic acid groups (broad SMARTS) is 1. The van der Waals surface area contributed by atoms with Gasteiger partial charge in [-0.05, 0) is 40.7 Å². The molecule has 2 aliphatic heterocycles. The van der Waals surface area contributed by atoms with Crippen LogP contribution in [0.25, 0.3) is 11.1 Å². The smallest absolute Gasteiger partial charge is 0.407 e. The number of hydrogen-bond acceptors (Lipinski definition) is 6. The van der Waals surface area contributed by atoms with Crippen molar-refractivity contribution in [3.05, 3.63) is 95.6 Å². The molecule has 0 aromatic heterocycles. The standard InChI is InChI=1S/C33H35N3O6/c37-30(35-33(31(38)39)14-15-36(21-33)18-22-8-2-1-3-9-22)23-16-24(41-19-23)17-34-32(40)42-20-29-27-12-6-4-10-25(27)26-11-5-7-13-28(26)29/h1-13,23-24,29H,14-21H2,(H,34,40)(H,35,37)(H,38,39)/t23-,24-,33?/m0/s1. The quantitative estimate of drug-likeness (QED) is 0.359. The number of likely N-dealkylation sites (tertiary alicyclic amines) is 1. The maximum absolute atomic E-state index is 13.1. The van der Waals surface area contributed by atoms with Gasteiger partial charge in [0.1, 0.15) is 6.61 Å². The van der Waals surface area contributed by atoms with Gasteiger partial charge in [-0.3, -0.25) is 9.69 Å². The minimum atomic E-state index is -1.33. The van der Waals surface area contributed by atoms with E-state index in [2.05, 4.69) is 39.8 Å². The van der Waals surface area contributed by atoms with E-state index in [0.717, 1.165) is 27.8 Å². The maximum atomic E-state index is 13.1. The minimum Gasteiger partial charge on any atom is -0.479 e. The van der Waals surface area contributed by atoms with Crippen molar-refractivity contribution in [2.24, 2.45) is 5.92 Å². The fourth-order valence-electron chi connectivity index (χ4n) is 6.41. The molecule has 2 fully saturated rings.